The van der Waals surface area contributed by atoms with Crippen molar-refractivity contribution in [1.29, 1.82) is 0 Å². The highest BCUT2D eigenvalue weighted by molar-refractivity contribution is 7.89. The van der Waals surface area contributed by atoms with E-state index in [2.05, 4.69) is 37.2 Å². The number of hydrogen-bond donors (Lipinski definition) is 5. The lowest BCUT2D eigenvalue weighted by atomic mass is 9.82. The molecule has 6 atom stereocenters. The molecule has 55 heavy (non-hydrogen) atoms. The number of nitrogens with zero attached hydrogens (tertiary/aromatic N) is 2. The van der Waals surface area contributed by atoms with Crippen LogP contribution in [0, 0.1) is 35.0 Å². The summed E-state index contributed by atoms with van der Waals surface area (Å²) in [5.74, 6) is -3.58. The zero-order chi connectivity index (χ0) is 40.2. The van der Waals surface area contributed by atoms with Crippen LogP contribution in [0.25, 0.3) is 11.0 Å². The first kappa shape index (κ1) is 42.0. The lowest BCUT2D eigenvalue weighted by molar-refractivity contribution is -0.146. The molecular formula is C40H59N7O7S. The molecule has 1 saturated heterocycles. The van der Waals surface area contributed by atoms with Gasteiger partial charge in [0.05, 0.1) is 17.1 Å². The molecule has 1 unspecified atom stereocenters. The molecular weight excluding hydrogens is 723 g/mol. The van der Waals surface area contributed by atoms with Crippen LogP contribution in [0.5, 0.6) is 0 Å². The Morgan fingerprint density at radius 2 is 1.69 bits per heavy atom. The molecule has 2 saturated carbocycles. The van der Waals surface area contributed by atoms with Gasteiger partial charge >= 0.3 is 0 Å². The van der Waals surface area contributed by atoms with Crippen molar-refractivity contribution in [3.63, 3.8) is 0 Å². The van der Waals surface area contributed by atoms with Gasteiger partial charge in [-0.15, -0.1) is 6.58 Å². The van der Waals surface area contributed by atoms with Gasteiger partial charge in [-0.1, -0.05) is 91.9 Å². The van der Waals surface area contributed by atoms with Crippen molar-refractivity contribution >= 4 is 50.5 Å². The third kappa shape index (κ3) is 10.0. The number of Topliss-reactive ketones (excluding diaryl/α,β-unsaturated/α-hetero) is 1. The zero-order valence-electron chi connectivity index (χ0n) is 33.0. The van der Waals surface area contributed by atoms with Gasteiger partial charge in [-0.2, -0.15) is 4.72 Å². The number of rotatable bonds is 16. The summed E-state index contributed by atoms with van der Waals surface area (Å²) in [4.78, 5) is 78.1. The van der Waals surface area contributed by atoms with E-state index in [1.807, 2.05) is 41.5 Å². The van der Waals surface area contributed by atoms with Crippen LogP contribution < -0.4 is 20.7 Å². The highest BCUT2D eigenvalue weighted by atomic mass is 32.2. The molecule has 0 radical (unpaired) electrons. The summed E-state index contributed by atoms with van der Waals surface area (Å²) < 4.78 is 30.2. The summed E-state index contributed by atoms with van der Waals surface area (Å²) in [6, 6.07) is 2.58. The van der Waals surface area contributed by atoms with E-state index in [0.29, 0.717) is 30.3 Å². The SMILES string of the molecule is C=CCNC(=O)C(=O)C(CC1CC1)NC(=O)[C@@H]1[C@@H](C)[C@@H](C(C)C)CN1C(=O)[C@@H](NC(=O)[C@@H](NS(=O)(=O)c1nc2ccccc2[nH]1)C1CCCCC1)C(C)(C)C. The van der Waals surface area contributed by atoms with Crippen molar-refractivity contribution in [1.82, 2.24) is 35.5 Å². The minimum absolute atomic E-state index is 0.0740. The Labute approximate surface area is 324 Å². The third-order valence-electron chi connectivity index (χ3n) is 11.6. The second-order valence-corrected chi connectivity index (χ2v) is 18.8. The molecule has 1 aromatic carbocycles. The van der Waals surface area contributed by atoms with Gasteiger partial charge in [0.15, 0.2) is 0 Å². The quantitative estimate of drug-likeness (QED) is 0.126. The molecule has 3 aliphatic rings. The van der Waals surface area contributed by atoms with Gasteiger partial charge in [-0.25, -0.2) is 13.4 Å². The molecule has 5 N–H and O–H groups in total. The van der Waals surface area contributed by atoms with Crippen molar-refractivity contribution < 1.29 is 32.4 Å². The second-order valence-electron chi connectivity index (χ2n) is 17.2. The van der Waals surface area contributed by atoms with E-state index in [0.717, 1.165) is 32.1 Å². The van der Waals surface area contributed by atoms with E-state index in [4.69, 9.17) is 0 Å². The van der Waals surface area contributed by atoms with Gasteiger partial charge in [0.1, 0.15) is 18.1 Å². The lowest BCUT2D eigenvalue weighted by Crippen LogP contribution is -2.62. The Kier molecular flexibility index (Phi) is 13.3. The van der Waals surface area contributed by atoms with Crippen LogP contribution in [0.15, 0.2) is 42.1 Å². The van der Waals surface area contributed by atoms with Crippen LogP contribution in [0.2, 0.25) is 0 Å². The molecule has 0 bridgehead atoms. The Morgan fingerprint density at radius 3 is 2.29 bits per heavy atom. The van der Waals surface area contributed by atoms with Crippen LogP contribution in [0.3, 0.4) is 0 Å². The van der Waals surface area contributed by atoms with Crippen LogP contribution in [0.1, 0.15) is 92.9 Å². The first-order valence-electron chi connectivity index (χ1n) is 19.7. The molecule has 2 aromatic rings. The number of aromatic nitrogens is 2. The van der Waals surface area contributed by atoms with Gasteiger partial charge < -0.3 is 25.8 Å². The molecule has 0 spiro atoms. The van der Waals surface area contributed by atoms with Gasteiger partial charge in [0.25, 0.3) is 15.9 Å². The highest BCUT2D eigenvalue weighted by Crippen LogP contribution is 2.38. The number of nitrogens with one attached hydrogen (secondary N) is 5. The summed E-state index contributed by atoms with van der Waals surface area (Å²) in [6.07, 6.45) is 7.49. The van der Waals surface area contributed by atoms with Gasteiger partial charge in [0, 0.05) is 13.1 Å². The number of fused-ring (bicyclic) bond motifs is 1. The smallest absolute Gasteiger partial charge is 0.289 e. The fourth-order valence-corrected chi connectivity index (χ4v) is 9.40. The summed E-state index contributed by atoms with van der Waals surface area (Å²) in [7, 11) is -4.29. The van der Waals surface area contributed by atoms with Crippen molar-refractivity contribution in [2.45, 2.75) is 122 Å². The second kappa shape index (κ2) is 17.4. The molecule has 15 heteroatoms. The van der Waals surface area contributed by atoms with E-state index in [1.54, 1.807) is 24.3 Å². The normalized spacial score (nSPS) is 22.5. The Morgan fingerprint density at radius 1 is 1.02 bits per heavy atom. The Bertz CT molecular complexity index is 1830. The number of aromatic amines is 1. The minimum Gasteiger partial charge on any atom is -0.346 e. The summed E-state index contributed by atoms with van der Waals surface area (Å²) in [5, 5.41) is 8.00. The number of H-pyrrole nitrogens is 1. The van der Waals surface area contributed by atoms with E-state index >= 15 is 0 Å². The number of benzene rings is 1. The lowest BCUT2D eigenvalue weighted by Gasteiger charge is -2.38. The van der Waals surface area contributed by atoms with Crippen molar-refractivity contribution in [3.05, 3.63) is 36.9 Å². The number of likely N-dealkylation sites (tertiary alicyclic amines) is 1. The number of para-hydroxylation sites is 2. The number of imidazole rings is 1. The Hall–Kier alpha value is -4.11. The first-order chi connectivity index (χ1) is 25.9. The molecule has 14 nitrogen and oxygen atoms in total. The number of ketones is 1. The topological polar surface area (TPSA) is 200 Å². The molecule has 302 valence electrons. The minimum atomic E-state index is -4.29. The fraction of sp³-hybridized carbons (Fsp3) is 0.650. The van der Waals surface area contributed by atoms with Crippen molar-refractivity contribution in [3.8, 4) is 0 Å². The molecule has 2 aliphatic carbocycles. The molecule has 3 fully saturated rings. The largest absolute Gasteiger partial charge is 0.346 e. The number of carbonyl (C=O) groups is 5. The van der Waals surface area contributed by atoms with E-state index in [9.17, 15) is 32.4 Å². The average Bonchev–Trinajstić information content (AvgIpc) is 3.72. The van der Waals surface area contributed by atoms with E-state index in [-0.39, 0.29) is 47.8 Å². The highest BCUT2D eigenvalue weighted by Gasteiger charge is 2.51. The number of carbonyl (C=O) groups excluding carboxylic acids is 5. The molecule has 4 amide bonds. The monoisotopic (exact) mass is 781 g/mol. The van der Waals surface area contributed by atoms with Crippen LogP contribution in [-0.4, -0.2) is 90.0 Å². The molecule has 1 aliphatic heterocycles. The zero-order valence-corrected chi connectivity index (χ0v) is 33.8. The van der Waals surface area contributed by atoms with Crippen molar-refractivity contribution in [2.75, 3.05) is 13.1 Å². The predicted octanol–water partition coefficient (Wildman–Crippen LogP) is 3.60. The third-order valence-corrected chi connectivity index (χ3v) is 12.8. The maximum atomic E-state index is 14.8. The molecule has 5 rings (SSSR count). The standard InChI is InChI=1S/C40H59N7O7S/c1-8-20-41-37(51)33(48)30(21-25-18-19-25)42-36(50)32-24(4)27(23(2)3)22-47(32)38(52)34(40(5,6)7)45-35(49)31(26-14-10-9-11-15-26)46-55(53,54)39-43-28-16-12-13-17-29(28)44-39/h8,12-13,16-17,23-27,30-32,34,46H,1,9-11,14-15,18-22H2,2-7H3,(H,41,51)(H,42,50)(H,43,44)(H,45,49)/t24-,27+,30?,31-,32-,34+/m0/s1. The summed E-state index contributed by atoms with van der Waals surface area (Å²) in [6.45, 7) is 15.3. The summed E-state index contributed by atoms with van der Waals surface area (Å²) >= 11 is 0. The predicted molar refractivity (Wildman–Crippen MR) is 209 cm³/mol. The van der Waals surface area contributed by atoms with Crippen molar-refractivity contribution in [2.24, 2.45) is 35.0 Å². The number of hydrogen-bond acceptors (Lipinski definition) is 8. The average molecular weight is 782 g/mol. The maximum Gasteiger partial charge on any atom is 0.289 e. The van der Waals surface area contributed by atoms with E-state index in [1.165, 1.54) is 11.0 Å². The molecule has 1 aromatic heterocycles. The summed E-state index contributed by atoms with van der Waals surface area (Å²) in [5.41, 5.74) is 0.157. The Balaban J connectivity index is 1.41. The first-order valence-corrected chi connectivity index (χ1v) is 21.2. The number of sulfonamides is 1. The van der Waals surface area contributed by atoms with Gasteiger partial charge in [-0.05, 0) is 66.4 Å². The van der Waals surface area contributed by atoms with Crippen LogP contribution in [-0.2, 0) is 34.0 Å². The fourth-order valence-electron chi connectivity index (χ4n) is 8.19. The van der Waals surface area contributed by atoms with Crippen LogP contribution >= 0.6 is 0 Å². The van der Waals surface area contributed by atoms with Crippen LogP contribution in [0.4, 0.5) is 0 Å². The van der Waals surface area contributed by atoms with Gasteiger partial charge in [-0.3, -0.25) is 24.0 Å². The van der Waals surface area contributed by atoms with Gasteiger partial charge in [0.2, 0.25) is 28.7 Å². The number of amides is 4. The molecule has 2 heterocycles. The maximum absolute atomic E-state index is 14.8. The van der Waals surface area contributed by atoms with E-state index < -0.39 is 69.0 Å².